The zero-order valence-corrected chi connectivity index (χ0v) is 18.3. The van der Waals surface area contributed by atoms with Gasteiger partial charge in [-0.25, -0.2) is 11.6 Å². The van der Waals surface area contributed by atoms with E-state index in [1.54, 1.807) is 0 Å². The van der Waals surface area contributed by atoms with Crippen LogP contribution in [0.3, 0.4) is 0 Å². The number of hydrogen-bond donors (Lipinski definition) is 3. The van der Waals surface area contributed by atoms with Crippen LogP contribution in [-0.2, 0) is 9.53 Å². The van der Waals surface area contributed by atoms with E-state index in [4.69, 9.17) is 11.3 Å². The van der Waals surface area contributed by atoms with Crippen LogP contribution in [0.4, 0.5) is 0 Å². The Bertz CT molecular complexity index is 922. The highest BCUT2D eigenvalue weighted by molar-refractivity contribution is 5.79. The second-order valence-corrected chi connectivity index (χ2v) is 8.85. The van der Waals surface area contributed by atoms with Gasteiger partial charge in [-0.05, 0) is 37.5 Å². The zero-order valence-electron chi connectivity index (χ0n) is 18.3. The lowest BCUT2D eigenvalue weighted by Crippen LogP contribution is -2.42. The number of aliphatic hydroxyl groups is 2. The quantitative estimate of drug-likeness (QED) is 0.372. The van der Waals surface area contributed by atoms with Gasteiger partial charge in [-0.1, -0.05) is 50.6 Å². The molecule has 1 saturated carbocycles. The molecule has 2 aromatic rings. The van der Waals surface area contributed by atoms with Gasteiger partial charge in [0.05, 0.1) is 0 Å². The number of rotatable bonds is 6. The van der Waals surface area contributed by atoms with E-state index in [9.17, 15) is 15.0 Å². The van der Waals surface area contributed by atoms with Crippen LogP contribution >= 0.6 is 0 Å². The number of H-pyrrole nitrogens is 1. The number of hydrogen-bond acceptors (Lipinski definition) is 6. The van der Waals surface area contributed by atoms with Crippen LogP contribution in [0, 0.1) is 31.2 Å². The number of aryl methyl sites for hydroxylation is 1. The van der Waals surface area contributed by atoms with Gasteiger partial charge in [0.2, 0.25) is 6.29 Å². The SMILES string of the molecule is [C-]#[N+]C(C(O)O)C(C(=O)OC1C(C)CC(C)CC1C)c1nc(-c2ccc(C)cc2)n[nH]1. The first kappa shape index (κ1) is 22.9. The molecule has 1 aliphatic carbocycles. The van der Waals surface area contributed by atoms with Crippen molar-refractivity contribution < 1.29 is 19.7 Å². The Morgan fingerprint density at radius 1 is 1.19 bits per heavy atom. The molecule has 1 aliphatic rings. The third kappa shape index (κ3) is 5.12. The standard InChI is InChI=1S/C23H30N4O4/c1-12-6-8-16(9-7-12)20-25-21(27-26-20)17(18(24-5)22(28)29)23(30)31-19-14(3)10-13(2)11-15(19)4/h6-9,13-15,17-19,22,28-29H,10-11H2,1-4H3,(H,25,26,27). The summed E-state index contributed by atoms with van der Waals surface area (Å²) in [5, 5.41) is 26.4. The van der Waals surface area contributed by atoms with Gasteiger partial charge in [-0.15, -0.1) is 0 Å². The summed E-state index contributed by atoms with van der Waals surface area (Å²) in [6.07, 6.45) is -0.430. The molecule has 0 aliphatic heterocycles. The van der Waals surface area contributed by atoms with Gasteiger partial charge < -0.3 is 19.8 Å². The highest BCUT2D eigenvalue weighted by atomic mass is 16.5. The first-order chi connectivity index (χ1) is 14.7. The van der Waals surface area contributed by atoms with Crippen LogP contribution in [0.5, 0.6) is 0 Å². The number of nitrogens with zero attached hydrogens (tertiary/aromatic N) is 3. The van der Waals surface area contributed by atoms with Crippen LogP contribution < -0.4 is 0 Å². The van der Waals surface area contributed by atoms with Crippen molar-refractivity contribution in [2.45, 2.75) is 64.9 Å². The lowest BCUT2D eigenvalue weighted by atomic mass is 9.75. The summed E-state index contributed by atoms with van der Waals surface area (Å²) in [4.78, 5) is 20.9. The number of carbonyl (C=O) groups is 1. The van der Waals surface area contributed by atoms with Gasteiger partial charge in [0.15, 0.2) is 11.7 Å². The van der Waals surface area contributed by atoms with E-state index in [0.717, 1.165) is 24.0 Å². The molecule has 0 amide bonds. The summed E-state index contributed by atoms with van der Waals surface area (Å²) in [6.45, 7) is 15.7. The number of aromatic amines is 1. The highest BCUT2D eigenvalue weighted by Crippen LogP contribution is 2.36. The molecular formula is C23H30N4O4. The molecule has 166 valence electrons. The Morgan fingerprint density at radius 2 is 1.81 bits per heavy atom. The van der Waals surface area contributed by atoms with Gasteiger partial charge in [0.1, 0.15) is 11.9 Å². The fourth-order valence-corrected chi connectivity index (χ4v) is 4.61. The number of nitrogens with one attached hydrogen (secondary N) is 1. The molecule has 4 unspecified atom stereocenters. The maximum absolute atomic E-state index is 13.2. The lowest BCUT2D eigenvalue weighted by Gasteiger charge is -2.37. The molecule has 0 spiro atoms. The zero-order chi connectivity index (χ0) is 22.7. The Labute approximate surface area is 182 Å². The molecule has 1 fully saturated rings. The molecule has 0 bridgehead atoms. The van der Waals surface area contributed by atoms with E-state index >= 15 is 0 Å². The van der Waals surface area contributed by atoms with E-state index in [-0.39, 0.29) is 23.8 Å². The van der Waals surface area contributed by atoms with Crippen LogP contribution in [0.25, 0.3) is 16.2 Å². The number of benzene rings is 1. The predicted octanol–water partition coefficient (Wildman–Crippen LogP) is 3.08. The average Bonchev–Trinajstić information content (AvgIpc) is 3.18. The predicted molar refractivity (Wildman–Crippen MR) is 115 cm³/mol. The smallest absolute Gasteiger partial charge is 0.325 e. The van der Waals surface area contributed by atoms with Crippen LogP contribution in [0.2, 0.25) is 0 Å². The van der Waals surface area contributed by atoms with E-state index < -0.39 is 24.2 Å². The number of aromatic nitrogens is 3. The molecule has 3 N–H and O–H groups in total. The Hall–Kier alpha value is -2.76. The number of ether oxygens (including phenoxy) is 1. The maximum atomic E-state index is 13.2. The summed E-state index contributed by atoms with van der Waals surface area (Å²) in [6, 6.07) is 6.09. The number of carbonyl (C=O) groups excluding carboxylic acids is 1. The highest BCUT2D eigenvalue weighted by Gasteiger charge is 2.45. The minimum absolute atomic E-state index is 0.0826. The monoisotopic (exact) mass is 426 g/mol. The van der Waals surface area contributed by atoms with Crippen molar-refractivity contribution in [3.05, 3.63) is 47.1 Å². The largest absolute Gasteiger partial charge is 0.461 e. The van der Waals surface area contributed by atoms with Gasteiger partial charge in [-0.3, -0.25) is 9.89 Å². The van der Waals surface area contributed by atoms with Crippen molar-refractivity contribution >= 4 is 5.97 Å². The van der Waals surface area contributed by atoms with E-state index in [2.05, 4.69) is 40.8 Å². The number of aliphatic hydroxyl groups excluding tert-OH is 1. The first-order valence-electron chi connectivity index (χ1n) is 10.6. The maximum Gasteiger partial charge on any atom is 0.325 e. The molecule has 1 aromatic carbocycles. The van der Waals surface area contributed by atoms with Crippen molar-refractivity contribution in [2.75, 3.05) is 0 Å². The Kier molecular flexibility index (Phi) is 7.08. The molecule has 8 heteroatoms. The topological polar surface area (TPSA) is 113 Å². The third-order valence-corrected chi connectivity index (χ3v) is 6.08. The van der Waals surface area contributed by atoms with Crippen LogP contribution in [0.1, 0.15) is 50.9 Å². The molecular weight excluding hydrogens is 396 g/mol. The van der Waals surface area contributed by atoms with E-state index in [1.165, 1.54) is 0 Å². The number of esters is 1. The van der Waals surface area contributed by atoms with Crippen molar-refractivity contribution in [2.24, 2.45) is 17.8 Å². The summed E-state index contributed by atoms with van der Waals surface area (Å²) in [7, 11) is 0. The molecule has 1 aromatic heterocycles. The van der Waals surface area contributed by atoms with Crippen molar-refractivity contribution in [3.63, 3.8) is 0 Å². The van der Waals surface area contributed by atoms with E-state index in [1.807, 2.05) is 31.2 Å². The summed E-state index contributed by atoms with van der Waals surface area (Å²) < 4.78 is 5.85. The van der Waals surface area contributed by atoms with Gasteiger partial charge in [0, 0.05) is 5.56 Å². The van der Waals surface area contributed by atoms with Crippen molar-refractivity contribution in [1.82, 2.24) is 15.2 Å². The lowest BCUT2D eigenvalue weighted by molar-refractivity contribution is -0.163. The second-order valence-electron chi connectivity index (χ2n) is 8.85. The third-order valence-electron chi connectivity index (χ3n) is 6.08. The van der Waals surface area contributed by atoms with Crippen LogP contribution in [-0.4, -0.2) is 49.8 Å². The molecule has 3 rings (SSSR count). The molecule has 0 radical (unpaired) electrons. The van der Waals surface area contributed by atoms with Gasteiger partial charge in [0.25, 0.3) is 6.04 Å². The minimum Gasteiger partial charge on any atom is -0.461 e. The minimum atomic E-state index is -2.02. The van der Waals surface area contributed by atoms with Crippen LogP contribution in [0.15, 0.2) is 24.3 Å². The average molecular weight is 427 g/mol. The fraction of sp³-hybridized carbons (Fsp3) is 0.565. The first-order valence-corrected chi connectivity index (χ1v) is 10.6. The summed E-state index contributed by atoms with van der Waals surface area (Å²) >= 11 is 0. The van der Waals surface area contributed by atoms with E-state index in [0.29, 0.717) is 11.7 Å². The summed E-state index contributed by atoms with van der Waals surface area (Å²) in [5.41, 5.74) is 1.83. The molecule has 1 heterocycles. The normalized spacial score (nSPS) is 25.6. The second kappa shape index (κ2) is 9.58. The summed E-state index contributed by atoms with van der Waals surface area (Å²) in [5.74, 6) is -0.645. The molecule has 31 heavy (non-hydrogen) atoms. The molecule has 0 saturated heterocycles. The Morgan fingerprint density at radius 3 is 2.35 bits per heavy atom. The van der Waals surface area contributed by atoms with Crippen molar-refractivity contribution in [3.8, 4) is 11.4 Å². The van der Waals surface area contributed by atoms with Gasteiger partial charge >= 0.3 is 5.97 Å². The Balaban J connectivity index is 1.89. The molecule has 4 atom stereocenters. The van der Waals surface area contributed by atoms with Crippen molar-refractivity contribution in [1.29, 1.82) is 0 Å². The fourth-order valence-electron chi connectivity index (χ4n) is 4.61. The van der Waals surface area contributed by atoms with Gasteiger partial charge in [-0.2, -0.15) is 5.10 Å². The molecule has 8 nitrogen and oxygen atoms in total.